The van der Waals surface area contributed by atoms with Gasteiger partial charge in [-0.2, -0.15) is 0 Å². The first-order valence-electron chi connectivity index (χ1n) is 6.89. The minimum absolute atomic E-state index is 0.195. The summed E-state index contributed by atoms with van der Waals surface area (Å²) >= 11 is 1.34. The van der Waals surface area contributed by atoms with Crippen molar-refractivity contribution >= 4 is 32.8 Å². The molecule has 24 heavy (non-hydrogen) atoms. The van der Waals surface area contributed by atoms with Crippen LogP contribution in [0, 0.1) is 5.82 Å². The van der Waals surface area contributed by atoms with Crippen molar-refractivity contribution < 1.29 is 13.5 Å². The molecule has 7 nitrogen and oxygen atoms in total. The van der Waals surface area contributed by atoms with E-state index in [0.717, 1.165) is 10.3 Å². The lowest BCUT2D eigenvalue weighted by Crippen LogP contribution is -1.88. The summed E-state index contributed by atoms with van der Waals surface area (Å²) in [4.78, 5) is 9.43. The van der Waals surface area contributed by atoms with Crippen LogP contribution < -0.4 is 10.1 Å². The van der Waals surface area contributed by atoms with Crippen molar-refractivity contribution in [2.75, 3.05) is 12.4 Å². The minimum atomic E-state index is -0.325. The summed E-state index contributed by atoms with van der Waals surface area (Å²) < 4.78 is 23.6. The average molecular weight is 343 g/mol. The van der Waals surface area contributed by atoms with Gasteiger partial charge in [0.25, 0.3) is 0 Å². The Balaban J connectivity index is 1.58. The summed E-state index contributed by atoms with van der Waals surface area (Å²) in [7, 11) is 1.56. The summed E-state index contributed by atoms with van der Waals surface area (Å²) in [6.07, 6.45) is 0. The number of fused-ring (bicyclic) bond motifs is 1. The summed E-state index contributed by atoms with van der Waals surface area (Å²) in [5, 5.41) is 11.4. The molecule has 0 amide bonds. The molecule has 0 aliphatic rings. The molecule has 3 heterocycles. The molecule has 1 N–H and O–H groups in total. The Kier molecular flexibility index (Phi) is 3.54. The maximum absolute atomic E-state index is 12.9. The fraction of sp³-hybridized carbons (Fsp3) is 0.0667. The number of hydrogen-bond acceptors (Lipinski definition) is 8. The molecule has 0 aliphatic carbocycles. The highest BCUT2D eigenvalue weighted by atomic mass is 32.1. The third kappa shape index (κ3) is 2.76. The van der Waals surface area contributed by atoms with Crippen LogP contribution in [0.2, 0.25) is 0 Å². The Morgan fingerprint density at radius 3 is 2.71 bits per heavy atom. The van der Waals surface area contributed by atoms with Gasteiger partial charge in [0, 0.05) is 11.6 Å². The van der Waals surface area contributed by atoms with Gasteiger partial charge >= 0.3 is 6.01 Å². The van der Waals surface area contributed by atoms with Gasteiger partial charge in [-0.05, 0) is 30.3 Å². The predicted octanol–water partition coefficient (Wildman–Crippen LogP) is 3.63. The number of pyridine rings is 1. The molecule has 4 rings (SSSR count). The summed E-state index contributed by atoms with van der Waals surface area (Å²) in [6, 6.07) is 9.56. The smallest absolute Gasteiger partial charge is 0.322 e. The molecule has 3 aromatic heterocycles. The Morgan fingerprint density at radius 2 is 1.92 bits per heavy atom. The zero-order chi connectivity index (χ0) is 16.5. The van der Waals surface area contributed by atoms with E-state index in [1.165, 1.54) is 23.5 Å². The lowest BCUT2D eigenvalue weighted by Gasteiger charge is -1.95. The highest BCUT2D eigenvalue weighted by Crippen LogP contribution is 2.29. The number of nitrogens with zero attached hydrogens (tertiary/aromatic N) is 4. The standard InChI is InChI=1S/C15H10FN5O2S/c1-22-11-7-6-10-13(18-11)24-15(17-10)19-14-21-20-12(23-14)8-2-4-9(16)5-3-8/h2-7H,1H3,(H,17,19,21). The van der Waals surface area contributed by atoms with Gasteiger partial charge in [-0.15, -0.1) is 5.10 Å². The quantitative estimate of drug-likeness (QED) is 0.605. The van der Waals surface area contributed by atoms with E-state index in [-0.39, 0.29) is 11.8 Å². The molecule has 0 saturated heterocycles. The molecule has 0 bridgehead atoms. The van der Waals surface area contributed by atoms with Crippen LogP contribution in [0.15, 0.2) is 40.8 Å². The molecule has 0 aliphatic heterocycles. The van der Waals surface area contributed by atoms with Crippen LogP contribution in [0.5, 0.6) is 5.88 Å². The van der Waals surface area contributed by atoms with Crippen molar-refractivity contribution in [2.45, 2.75) is 0 Å². The van der Waals surface area contributed by atoms with Gasteiger partial charge in [-0.25, -0.2) is 14.4 Å². The van der Waals surface area contributed by atoms with Crippen LogP contribution in [-0.4, -0.2) is 27.3 Å². The number of aromatic nitrogens is 4. The molecule has 9 heteroatoms. The van der Waals surface area contributed by atoms with Gasteiger partial charge < -0.3 is 9.15 Å². The van der Waals surface area contributed by atoms with Gasteiger partial charge in [0.2, 0.25) is 11.8 Å². The normalized spacial score (nSPS) is 10.9. The third-order valence-electron chi connectivity index (χ3n) is 3.17. The number of thiazole rings is 1. The second-order valence-corrected chi connectivity index (χ2v) is 5.72. The van der Waals surface area contributed by atoms with Gasteiger partial charge in [-0.1, -0.05) is 16.4 Å². The van der Waals surface area contributed by atoms with E-state index >= 15 is 0 Å². The summed E-state index contributed by atoms with van der Waals surface area (Å²) in [5.74, 6) is 0.488. The molecule has 0 saturated carbocycles. The molecule has 0 atom stereocenters. The van der Waals surface area contributed by atoms with E-state index in [1.807, 2.05) is 6.07 Å². The second kappa shape index (κ2) is 5.85. The van der Waals surface area contributed by atoms with Gasteiger partial charge in [0.15, 0.2) is 5.13 Å². The largest absolute Gasteiger partial charge is 0.481 e. The maximum atomic E-state index is 12.9. The average Bonchev–Trinajstić information content (AvgIpc) is 3.21. The Bertz CT molecular complexity index is 999. The lowest BCUT2D eigenvalue weighted by molar-refractivity contribution is 0.400. The van der Waals surface area contributed by atoms with Crippen LogP contribution in [-0.2, 0) is 0 Å². The first-order chi connectivity index (χ1) is 11.7. The number of benzene rings is 1. The highest BCUT2D eigenvalue weighted by Gasteiger charge is 2.12. The Hall–Kier alpha value is -3.07. The molecular weight excluding hydrogens is 333 g/mol. The minimum Gasteiger partial charge on any atom is -0.481 e. The first kappa shape index (κ1) is 14.5. The summed E-state index contributed by atoms with van der Waals surface area (Å²) in [5.41, 5.74) is 1.37. The van der Waals surface area contributed by atoms with Crippen LogP contribution in [0.1, 0.15) is 0 Å². The third-order valence-corrected chi connectivity index (χ3v) is 4.05. The zero-order valence-corrected chi connectivity index (χ0v) is 13.2. The molecule has 0 spiro atoms. The van der Waals surface area contributed by atoms with Crippen molar-refractivity contribution in [3.63, 3.8) is 0 Å². The van der Waals surface area contributed by atoms with Crippen molar-refractivity contribution in [2.24, 2.45) is 0 Å². The number of rotatable bonds is 4. The van der Waals surface area contributed by atoms with E-state index in [1.54, 1.807) is 25.3 Å². The number of nitrogens with one attached hydrogen (secondary N) is 1. The monoisotopic (exact) mass is 343 g/mol. The highest BCUT2D eigenvalue weighted by molar-refractivity contribution is 7.21. The van der Waals surface area contributed by atoms with E-state index in [9.17, 15) is 4.39 Å². The predicted molar refractivity (Wildman–Crippen MR) is 86.9 cm³/mol. The van der Waals surface area contributed by atoms with E-state index in [0.29, 0.717) is 22.5 Å². The second-order valence-electron chi connectivity index (χ2n) is 4.74. The number of halogens is 1. The molecule has 4 aromatic rings. The van der Waals surface area contributed by atoms with Crippen molar-refractivity contribution in [3.8, 4) is 17.3 Å². The SMILES string of the molecule is COc1ccc2nc(Nc3nnc(-c4ccc(F)cc4)o3)sc2n1. The number of hydrogen-bond donors (Lipinski definition) is 1. The van der Waals surface area contributed by atoms with Crippen molar-refractivity contribution in [3.05, 3.63) is 42.2 Å². The van der Waals surface area contributed by atoms with E-state index in [2.05, 4.69) is 25.5 Å². The van der Waals surface area contributed by atoms with Crippen LogP contribution in [0.25, 0.3) is 21.8 Å². The molecule has 0 unspecified atom stereocenters. The fourth-order valence-electron chi connectivity index (χ4n) is 2.04. The van der Waals surface area contributed by atoms with E-state index in [4.69, 9.17) is 9.15 Å². The van der Waals surface area contributed by atoms with Crippen LogP contribution in [0.3, 0.4) is 0 Å². The number of methoxy groups -OCH3 is 1. The number of anilines is 2. The molecule has 0 fully saturated rings. The molecular formula is C15H10FN5O2S. The van der Waals surface area contributed by atoms with Crippen molar-refractivity contribution in [1.29, 1.82) is 0 Å². The molecule has 0 radical (unpaired) electrons. The van der Waals surface area contributed by atoms with Gasteiger partial charge in [0.05, 0.1) is 7.11 Å². The summed E-state index contributed by atoms with van der Waals surface area (Å²) in [6.45, 7) is 0. The van der Waals surface area contributed by atoms with Crippen LogP contribution >= 0.6 is 11.3 Å². The van der Waals surface area contributed by atoms with E-state index < -0.39 is 0 Å². The zero-order valence-electron chi connectivity index (χ0n) is 12.4. The lowest BCUT2D eigenvalue weighted by atomic mass is 10.2. The first-order valence-corrected chi connectivity index (χ1v) is 7.71. The molecule has 1 aromatic carbocycles. The van der Waals surface area contributed by atoms with Gasteiger partial charge in [0.1, 0.15) is 16.2 Å². The maximum Gasteiger partial charge on any atom is 0.322 e. The molecule has 120 valence electrons. The topological polar surface area (TPSA) is 86.0 Å². The van der Waals surface area contributed by atoms with Crippen LogP contribution in [0.4, 0.5) is 15.5 Å². The van der Waals surface area contributed by atoms with Gasteiger partial charge in [-0.3, -0.25) is 5.32 Å². The Labute approximate surface area is 139 Å². The van der Waals surface area contributed by atoms with Crippen molar-refractivity contribution in [1.82, 2.24) is 20.2 Å². The number of ether oxygens (including phenoxy) is 1. The Morgan fingerprint density at radius 1 is 1.08 bits per heavy atom. The fourth-order valence-corrected chi connectivity index (χ4v) is 2.86.